The van der Waals surface area contributed by atoms with E-state index < -0.39 is 5.92 Å². The van der Waals surface area contributed by atoms with Gasteiger partial charge in [0.1, 0.15) is 5.82 Å². The zero-order chi connectivity index (χ0) is 22.2. The normalized spacial score (nSPS) is 20.4. The molecule has 2 aromatic rings. The number of H-pyrrole nitrogens is 1. The van der Waals surface area contributed by atoms with Gasteiger partial charge in [0.25, 0.3) is 5.56 Å². The molecule has 2 aliphatic heterocycles. The summed E-state index contributed by atoms with van der Waals surface area (Å²) in [5, 5.41) is 3.34. The van der Waals surface area contributed by atoms with Gasteiger partial charge in [-0.05, 0) is 38.2 Å². The number of fused-ring (bicyclic) bond motifs is 1. The molecule has 0 unspecified atom stereocenters. The fourth-order valence-electron chi connectivity index (χ4n) is 5.16. The van der Waals surface area contributed by atoms with Crippen LogP contribution in [0.1, 0.15) is 55.6 Å². The number of nitrogens with zero attached hydrogens (tertiary/aromatic N) is 2. The Morgan fingerprint density at radius 1 is 1.03 bits per heavy atom. The lowest BCUT2D eigenvalue weighted by molar-refractivity contribution is -0.116. The quantitative estimate of drug-likeness (QED) is 0.759. The van der Waals surface area contributed by atoms with Crippen LogP contribution in [-0.2, 0) is 4.79 Å². The molecular formula is C24H28N4O4. The van der Waals surface area contributed by atoms with Gasteiger partial charge in [-0.15, -0.1) is 0 Å². The molecule has 1 fully saturated rings. The van der Waals surface area contributed by atoms with Crippen molar-refractivity contribution in [2.24, 2.45) is 0 Å². The number of ether oxygens (including phenoxy) is 2. The van der Waals surface area contributed by atoms with Crippen LogP contribution in [0.15, 0.2) is 34.3 Å². The number of aromatic nitrogens is 2. The lowest BCUT2D eigenvalue weighted by Gasteiger charge is -2.34. The molecule has 0 saturated carbocycles. The molecule has 3 aliphatic rings. The second-order valence-electron chi connectivity index (χ2n) is 8.51. The predicted molar refractivity (Wildman–Crippen MR) is 122 cm³/mol. The number of methoxy groups -OCH3 is 2. The van der Waals surface area contributed by atoms with E-state index in [0.29, 0.717) is 40.8 Å². The molecule has 0 spiro atoms. The predicted octanol–water partition coefficient (Wildman–Crippen LogP) is 3.34. The molecule has 168 valence electrons. The van der Waals surface area contributed by atoms with Crippen molar-refractivity contribution >= 4 is 17.5 Å². The summed E-state index contributed by atoms with van der Waals surface area (Å²) in [4.78, 5) is 36.5. The van der Waals surface area contributed by atoms with E-state index in [-0.39, 0.29) is 11.3 Å². The van der Waals surface area contributed by atoms with E-state index in [1.807, 2.05) is 18.2 Å². The van der Waals surface area contributed by atoms with Gasteiger partial charge in [-0.3, -0.25) is 14.6 Å². The van der Waals surface area contributed by atoms with E-state index in [4.69, 9.17) is 14.5 Å². The summed E-state index contributed by atoms with van der Waals surface area (Å²) >= 11 is 0. The number of carbonyl (C=O) groups is 1. The largest absolute Gasteiger partial charge is 0.493 e. The summed E-state index contributed by atoms with van der Waals surface area (Å²) in [5.41, 5.74) is 2.43. The van der Waals surface area contributed by atoms with Crippen molar-refractivity contribution < 1.29 is 14.3 Å². The van der Waals surface area contributed by atoms with Crippen molar-refractivity contribution in [3.8, 4) is 11.5 Å². The second-order valence-corrected chi connectivity index (χ2v) is 8.51. The van der Waals surface area contributed by atoms with E-state index in [1.165, 1.54) is 6.42 Å². The van der Waals surface area contributed by atoms with Gasteiger partial charge in [-0.1, -0.05) is 12.1 Å². The highest BCUT2D eigenvalue weighted by Crippen LogP contribution is 2.47. The minimum Gasteiger partial charge on any atom is -0.493 e. The fourth-order valence-corrected chi connectivity index (χ4v) is 5.16. The summed E-state index contributed by atoms with van der Waals surface area (Å²) in [6.07, 6.45) is 5.36. The number of hydrogen-bond acceptors (Lipinski definition) is 7. The Morgan fingerprint density at radius 3 is 2.59 bits per heavy atom. The first-order chi connectivity index (χ1) is 15.6. The number of allylic oxidation sites excluding steroid dienone is 2. The number of hydrogen-bond donors (Lipinski definition) is 2. The first-order valence-corrected chi connectivity index (χ1v) is 11.3. The van der Waals surface area contributed by atoms with Gasteiger partial charge in [0.15, 0.2) is 17.3 Å². The summed E-state index contributed by atoms with van der Waals surface area (Å²) < 4.78 is 11.2. The monoisotopic (exact) mass is 436 g/mol. The number of anilines is 2. The molecule has 1 atom stereocenters. The van der Waals surface area contributed by atoms with Gasteiger partial charge < -0.3 is 19.7 Å². The number of benzene rings is 1. The number of ketones is 1. The van der Waals surface area contributed by atoms with E-state index in [0.717, 1.165) is 50.0 Å². The van der Waals surface area contributed by atoms with Gasteiger partial charge >= 0.3 is 0 Å². The van der Waals surface area contributed by atoms with Gasteiger partial charge in [0.05, 0.1) is 25.7 Å². The summed E-state index contributed by atoms with van der Waals surface area (Å²) in [6.45, 7) is 1.75. The Bertz CT molecular complexity index is 1150. The van der Waals surface area contributed by atoms with E-state index in [1.54, 1.807) is 14.2 Å². The minimum atomic E-state index is -0.564. The summed E-state index contributed by atoms with van der Waals surface area (Å²) in [7, 11) is 3.15. The van der Waals surface area contributed by atoms with E-state index in [2.05, 4.69) is 15.2 Å². The van der Waals surface area contributed by atoms with Crippen LogP contribution in [0.2, 0.25) is 0 Å². The lowest BCUT2D eigenvalue weighted by Crippen LogP contribution is -2.36. The number of Topliss-reactive ketones (excluding diaryl/α,β-unsaturated/α-hetero) is 1. The zero-order valence-electron chi connectivity index (χ0n) is 18.5. The smallest absolute Gasteiger partial charge is 0.258 e. The number of piperidine rings is 1. The molecule has 5 rings (SSSR count). The van der Waals surface area contributed by atoms with Gasteiger partial charge in [-0.25, -0.2) is 0 Å². The van der Waals surface area contributed by atoms with Crippen LogP contribution in [0.4, 0.5) is 11.8 Å². The Balaban J connectivity index is 1.72. The highest BCUT2D eigenvalue weighted by Gasteiger charge is 2.39. The van der Waals surface area contributed by atoms with Crippen LogP contribution in [0.25, 0.3) is 0 Å². The second kappa shape index (κ2) is 8.33. The standard InChI is InChI=1S/C24H28N4O4/c1-31-17-11-6-8-14(21(17)32-2)18-19-15(9-7-10-16(19)29)25-22-20(18)23(30)27-24(26-22)28-12-4-3-5-13-28/h6,8,11,18H,3-5,7,9-10,12-13H2,1-2H3,(H2,25,26,27,30)/t18-/m1/s1. The summed E-state index contributed by atoms with van der Waals surface area (Å²) in [6, 6.07) is 5.56. The van der Waals surface area contributed by atoms with Crippen LogP contribution >= 0.6 is 0 Å². The topological polar surface area (TPSA) is 96.5 Å². The molecule has 0 amide bonds. The van der Waals surface area contributed by atoms with Gasteiger partial charge in [0.2, 0.25) is 5.95 Å². The Morgan fingerprint density at radius 2 is 1.84 bits per heavy atom. The highest BCUT2D eigenvalue weighted by molar-refractivity contribution is 6.01. The SMILES string of the molecule is COc1cccc([C@@H]2C3=C(CCCC3=O)Nc3nc(N4CCCCC4)[nH]c(=O)c32)c1OC. The van der Waals surface area contributed by atoms with Crippen LogP contribution in [0.5, 0.6) is 11.5 Å². The lowest BCUT2D eigenvalue weighted by atomic mass is 9.76. The maximum atomic E-state index is 13.5. The number of para-hydroxylation sites is 1. The molecule has 1 aromatic carbocycles. The third kappa shape index (κ3) is 3.34. The number of carbonyl (C=O) groups excluding carboxylic acids is 1. The molecule has 0 bridgehead atoms. The van der Waals surface area contributed by atoms with E-state index >= 15 is 0 Å². The minimum absolute atomic E-state index is 0.0544. The average Bonchev–Trinajstić information content (AvgIpc) is 2.82. The maximum absolute atomic E-state index is 13.5. The van der Waals surface area contributed by atoms with E-state index in [9.17, 15) is 9.59 Å². The molecule has 8 heteroatoms. The molecule has 1 aromatic heterocycles. The van der Waals surface area contributed by atoms with Crippen molar-refractivity contribution in [3.63, 3.8) is 0 Å². The van der Waals surface area contributed by atoms with Crippen LogP contribution in [-0.4, -0.2) is 43.1 Å². The first-order valence-electron chi connectivity index (χ1n) is 11.3. The Hall–Kier alpha value is -3.29. The van der Waals surface area contributed by atoms with Gasteiger partial charge in [-0.2, -0.15) is 4.98 Å². The molecule has 8 nitrogen and oxygen atoms in total. The average molecular weight is 437 g/mol. The summed E-state index contributed by atoms with van der Waals surface area (Å²) in [5.74, 6) is 1.69. The third-order valence-electron chi connectivity index (χ3n) is 6.65. The molecular weight excluding hydrogens is 408 g/mol. The number of nitrogens with one attached hydrogen (secondary N) is 2. The molecule has 0 radical (unpaired) electrons. The molecule has 1 saturated heterocycles. The van der Waals surface area contributed by atoms with Crippen molar-refractivity contribution in [2.45, 2.75) is 44.4 Å². The zero-order valence-corrected chi connectivity index (χ0v) is 18.5. The van der Waals surface area contributed by atoms with Crippen LogP contribution in [0.3, 0.4) is 0 Å². The fraction of sp³-hybridized carbons (Fsp3) is 0.458. The maximum Gasteiger partial charge on any atom is 0.258 e. The van der Waals surface area contributed by atoms with Gasteiger partial charge in [0, 0.05) is 36.3 Å². The molecule has 1 aliphatic carbocycles. The van der Waals surface area contributed by atoms with Crippen molar-refractivity contribution in [2.75, 3.05) is 37.5 Å². The Labute approximate surface area is 186 Å². The molecule has 32 heavy (non-hydrogen) atoms. The number of rotatable bonds is 4. The molecule has 3 heterocycles. The Kier molecular flexibility index (Phi) is 5.36. The van der Waals surface area contributed by atoms with Crippen LogP contribution in [0, 0.1) is 0 Å². The van der Waals surface area contributed by atoms with Crippen LogP contribution < -0.4 is 25.2 Å². The van der Waals surface area contributed by atoms with Crippen molar-refractivity contribution in [1.29, 1.82) is 0 Å². The molecule has 2 N–H and O–H groups in total. The van der Waals surface area contributed by atoms with Crippen molar-refractivity contribution in [1.82, 2.24) is 9.97 Å². The van der Waals surface area contributed by atoms with Crippen molar-refractivity contribution in [3.05, 3.63) is 50.9 Å². The highest BCUT2D eigenvalue weighted by atomic mass is 16.5. The third-order valence-corrected chi connectivity index (χ3v) is 6.65. The number of aromatic amines is 1. The first kappa shape index (κ1) is 20.6.